The van der Waals surface area contributed by atoms with Crippen LogP contribution in [0.4, 0.5) is 0 Å². The average Bonchev–Trinajstić information content (AvgIpc) is 2.51. The molecule has 106 valence electrons. The molecule has 0 saturated carbocycles. The standard InChI is InChI=1S/C20H19Br/c1-3-6-18-16-7-4-5-8-17(16)19(13-20(18)21)15-11-9-14(2)10-12-15/h4-5,7-13H,3,6H2,1-2H3. The number of rotatable bonds is 3. The molecule has 0 heterocycles. The van der Waals surface area contributed by atoms with Gasteiger partial charge < -0.3 is 0 Å². The van der Waals surface area contributed by atoms with Crippen molar-refractivity contribution in [2.24, 2.45) is 0 Å². The largest absolute Gasteiger partial charge is 0.0651 e. The summed E-state index contributed by atoms with van der Waals surface area (Å²) in [6.45, 7) is 4.36. The highest BCUT2D eigenvalue weighted by Crippen LogP contribution is 2.36. The third-order valence-electron chi connectivity index (χ3n) is 3.96. The third-order valence-corrected chi connectivity index (χ3v) is 4.67. The highest BCUT2D eigenvalue weighted by Gasteiger charge is 2.11. The van der Waals surface area contributed by atoms with Crippen LogP contribution in [0.1, 0.15) is 24.5 Å². The molecule has 0 spiro atoms. The second kappa shape index (κ2) is 6.03. The minimum absolute atomic E-state index is 1.11. The van der Waals surface area contributed by atoms with Crippen LogP contribution in [0, 0.1) is 6.92 Å². The zero-order chi connectivity index (χ0) is 14.8. The summed E-state index contributed by atoms with van der Waals surface area (Å²) in [7, 11) is 0. The van der Waals surface area contributed by atoms with Crippen molar-refractivity contribution in [1.82, 2.24) is 0 Å². The Bertz CT molecular complexity index is 770. The van der Waals surface area contributed by atoms with Gasteiger partial charge in [-0.05, 0) is 46.9 Å². The van der Waals surface area contributed by atoms with E-state index in [1.165, 1.54) is 37.5 Å². The van der Waals surface area contributed by atoms with Crippen molar-refractivity contribution in [2.45, 2.75) is 26.7 Å². The van der Waals surface area contributed by atoms with Gasteiger partial charge in [0.25, 0.3) is 0 Å². The Morgan fingerprint density at radius 3 is 2.24 bits per heavy atom. The fourth-order valence-electron chi connectivity index (χ4n) is 2.88. The summed E-state index contributed by atoms with van der Waals surface area (Å²) in [6, 6.07) is 19.8. The maximum Gasteiger partial charge on any atom is 0.0219 e. The quantitative estimate of drug-likeness (QED) is 0.509. The van der Waals surface area contributed by atoms with Crippen molar-refractivity contribution in [1.29, 1.82) is 0 Å². The van der Waals surface area contributed by atoms with Crippen molar-refractivity contribution in [3.05, 3.63) is 70.2 Å². The molecule has 0 N–H and O–H groups in total. The van der Waals surface area contributed by atoms with Gasteiger partial charge in [0.15, 0.2) is 0 Å². The molecule has 3 aromatic carbocycles. The maximum atomic E-state index is 3.78. The van der Waals surface area contributed by atoms with Gasteiger partial charge in [-0.15, -0.1) is 0 Å². The van der Waals surface area contributed by atoms with E-state index in [-0.39, 0.29) is 0 Å². The fraction of sp³-hybridized carbons (Fsp3) is 0.200. The summed E-state index contributed by atoms with van der Waals surface area (Å²) in [5.41, 5.74) is 5.30. The lowest BCUT2D eigenvalue weighted by molar-refractivity contribution is 0.925. The van der Waals surface area contributed by atoms with E-state index in [2.05, 4.69) is 84.4 Å². The van der Waals surface area contributed by atoms with Gasteiger partial charge in [-0.2, -0.15) is 0 Å². The molecule has 0 bridgehead atoms. The first-order valence-corrected chi connectivity index (χ1v) is 8.27. The highest BCUT2D eigenvalue weighted by atomic mass is 79.9. The van der Waals surface area contributed by atoms with E-state index in [0.29, 0.717) is 0 Å². The zero-order valence-electron chi connectivity index (χ0n) is 12.5. The number of aryl methyl sites for hydroxylation is 2. The van der Waals surface area contributed by atoms with E-state index in [9.17, 15) is 0 Å². The molecule has 1 heteroatoms. The Morgan fingerprint density at radius 2 is 1.57 bits per heavy atom. The summed E-state index contributed by atoms with van der Waals surface area (Å²) < 4.78 is 1.22. The van der Waals surface area contributed by atoms with E-state index in [1.807, 2.05) is 0 Å². The maximum absolute atomic E-state index is 3.78. The van der Waals surface area contributed by atoms with Crippen molar-refractivity contribution in [3.63, 3.8) is 0 Å². The molecule has 0 radical (unpaired) electrons. The average molecular weight is 339 g/mol. The lowest BCUT2D eigenvalue weighted by Gasteiger charge is -2.14. The number of benzene rings is 3. The molecule has 0 atom stereocenters. The van der Waals surface area contributed by atoms with E-state index in [0.717, 1.165) is 12.8 Å². The van der Waals surface area contributed by atoms with Gasteiger partial charge in [0.1, 0.15) is 0 Å². The Labute approximate surface area is 134 Å². The van der Waals surface area contributed by atoms with Crippen LogP contribution in [0.25, 0.3) is 21.9 Å². The number of hydrogen-bond donors (Lipinski definition) is 0. The molecule has 0 unspecified atom stereocenters. The first kappa shape index (κ1) is 14.3. The molecule has 0 amide bonds. The topological polar surface area (TPSA) is 0 Å². The lowest BCUT2D eigenvalue weighted by Crippen LogP contribution is -1.91. The Kier molecular flexibility index (Phi) is 4.12. The van der Waals surface area contributed by atoms with Gasteiger partial charge in [0, 0.05) is 4.47 Å². The smallest absolute Gasteiger partial charge is 0.0219 e. The summed E-state index contributed by atoms with van der Waals surface area (Å²) >= 11 is 3.78. The first-order chi connectivity index (χ1) is 10.2. The Morgan fingerprint density at radius 1 is 0.905 bits per heavy atom. The summed E-state index contributed by atoms with van der Waals surface area (Å²) in [5.74, 6) is 0. The van der Waals surface area contributed by atoms with Crippen LogP contribution in [0.2, 0.25) is 0 Å². The van der Waals surface area contributed by atoms with E-state index in [1.54, 1.807) is 0 Å². The molecule has 0 aliphatic heterocycles. The predicted octanol–water partition coefficient (Wildman–Crippen LogP) is 6.53. The molecule has 3 rings (SSSR count). The molecule has 0 nitrogen and oxygen atoms in total. The van der Waals surface area contributed by atoms with Crippen LogP contribution in [0.15, 0.2) is 59.1 Å². The van der Waals surface area contributed by atoms with Gasteiger partial charge >= 0.3 is 0 Å². The molecular formula is C20H19Br. The van der Waals surface area contributed by atoms with Gasteiger partial charge in [0.05, 0.1) is 0 Å². The monoisotopic (exact) mass is 338 g/mol. The Balaban J connectivity index is 2.29. The molecular weight excluding hydrogens is 320 g/mol. The SMILES string of the molecule is CCCc1c(Br)cc(-c2ccc(C)cc2)c2ccccc12. The fourth-order valence-corrected chi connectivity index (χ4v) is 3.52. The zero-order valence-corrected chi connectivity index (χ0v) is 14.1. The molecule has 0 aliphatic carbocycles. The van der Waals surface area contributed by atoms with E-state index in [4.69, 9.17) is 0 Å². The predicted molar refractivity (Wildman–Crippen MR) is 95.8 cm³/mol. The van der Waals surface area contributed by atoms with Gasteiger partial charge in [-0.3, -0.25) is 0 Å². The molecule has 0 aromatic heterocycles. The van der Waals surface area contributed by atoms with Crippen LogP contribution in [-0.4, -0.2) is 0 Å². The van der Waals surface area contributed by atoms with Crippen molar-refractivity contribution in [3.8, 4) is 11.1 Å². The minimum atomic E-state index is 1.11. The molecule has 3 aromatic rings. The lowest BCUT2D eigenvalue weighted by atomic mass is 9.93. The third kappa shape index (κ3) is 2.75. The van der Waals surface area contributed by atoms with Crippen molar-refractivity contribution < 1.29 is 0 Å². The number of halogens is 1. The summed E-state index contributed by atoms with van der Waals surface area (Å²) in [4.78, 5) is 0. The molecule has 0 aliphatic rings. The van der Waals surface area contributed by atoms with Gasteiger partial charge in [-0.25, -0.2) is 0 Å². The van der Waals surface area contributed by atoms with E-state index < -0.39 is 0 Å². The second-order valence-corrected chi connectivity index (χ2v) is 6.40. The van der Waals surface area contributed by atoms with Crippen LogP contribution < -0.4 is 0 Å². The molecule has 21 heavy (non-hydrogen) atoms. The summed E-state index contributed by atoms with van der Waals surface area (Å²) in [6.07, 6.45) is 2.27. The normalized spacial score (nSPS) is 11.0. The van der Waals surface area contributed by atoms with Crippen LogP contribution in [0.3, 0.4) is 0 Å². The first-order valence-electron chi connectivity index (χ1n) is 7.48. The minimum Gasteiger partial charge on any atom is -0.0651 e. The van der Waals surface area contributed by atoms with Crippen LogP contribution >= 0.6 is 15.9 Å². The number of hydrogen-bond acceptors (Lipinski definition) is 0. The second-order valence-electron chi connectivity index (χ2n) is 5.55. The van der Waals surface area contributed by atoms with E-state index >= 15 is 0 Å². The van der Waals surface area contributed by atoms with Crippen LogP contribution in [0.5, 0.6) is 0 Å². The van der Waals surface area contributed by atoms with Crippen molar-refractivity contribution >= 4 is 26.7 Å². The molecule has 0 saturated heterocycles. The molecule has 0 fully saturated rings. The summed E-state index contributed by atoms with van der Waals surface area (Å²) in [5, 5.41) is 2.71. The van der Waals surface area contributed by atoms with Gasteiger partial charge in [0.2, 0.25) is 0 Å². The van der Waals surface area contributed by atoms with Crippen LogP contribution in [-0.2, 0) is 6.42 Å². The van der Waals surface area contributed by atoms with Gasteiger partial charge in [-0.1, -0.05) is 83.4 Å². The highest BCUT2D eigenvalue weighted by molar-refractivity contribution is 9.10. The Hall–Kier alpha value is -1.60. The number of fused-ring (bicyclic) bond motifs is 1. The van der Waals surface area contributed by atoms with Crippen molar-refractivity contribution in [2.75, 3.05) is 0 Å².